The first-order chi connectivity index (χ1) is 9.74. The summed E-state index contributed by atoms with van der Waals surface area (Å²) in [6.45, 7) is 4.50. The van der Waals surface area contributed by atoms with Gasteiger partial charge >= 0.3 is 5.97 Å². The number of esters is 1. The summed E-state index contributed by atoms with van der Waals surface area (Å²) in [5.41, 5.74) is 1.74. The summed E-state index contributed by atoms with van der Waals surface area (Å²) in [5, 5.41) is 9.05. The molecule has 1 N–H and O–H groups in total. The average molecular weight is 277 g/mol. The zero-order valence-corrected chi connectivity index (χ0v) is 12.0. The largest absolute Gasteiger partial charge is 0.462 e. The maximum absolute atomic E-state index is 11.6. The number of piperidine rings is 1. The van der Waals surface area contributed by atoms with Gasteiger partial charge in [0, 0.05) is 25.4 Å². The van der Waals surface area contributed by atoms with Gasteiger partial charge in [0.1, 0.15) is 0 Å². The Morgan fingerprint density at radius 1 is 1.40 bits per heavy atom. The lowest BCUT2D eigenvalue weighted by Crippen LogP contribution is -2.35. The van der Waals surface area contributed by atoms with Crippen LogP contribution in [-0.4, -0.2) is 37.4 Å². The highest BCUT2D eigenvalue weighted by atomic mass is 16.5. The quantitative estimate of drug-likeness (QED) is 0.840. The van der Waals surface area contributed by atoms with Gasteiger partial charge in [0.15, 0.2) is 0 Å². The monoisotopic (exact) mass is 277 g/mol. The lowest BCUT2D eigenvalue weighted by Gasteiger charge is -2.34. The molecule has 4 heteroatoms. The third-order valence-corrected chi connectivity index (χ3v) is 3.80. The fourth-order valence-corrected chi connectivity index (χ4v) is 2.74. The van der Waals surface area contributed by atoms with E-state index in [2.05, 4.69) is 4.90 Å². The molecule has 0 amide bonds. The molecule has 0 aliphatic carbocycles. The number of rotatable bonds is 5. The van der Waals surface area contributed by atoms with E-state index in [1.165, 1.54) is 6.42 Å². The van der Waals surface area contributed by atoms with E-state index in [-0.39, 0.29) is 12.6 Å². The minimum Gasteiger partial charge on any atom is -0.462 e. The molecule has 1 heterocycles. The maximum Gasteiger partial charge on any atom is 0.338 e. The SMILES string of the molecule is CCOC(=O)c1ccc(N2CCC[C@@H](CCO)C2)cc1. The molecular formula is C16H23NO3. The summed E-state index contributed by atoms with van der Waals surface area (Å²) in [6.07, 6.45) is 3.22. The molecule has 0 aromatic heterocycles. The Labute approximate surface area is 120 Å². The zero-order valence-electron chi connectivity index (χ0n) is 12.0. The molecule has 110 valence electrons. The molecule has 0 radical (unpaired) electrons. The van der Waals surface area contributed by atoms with Gasteiger partial charge in [-0.25, -0.2) is 4.79 Å². The van der Waals surface area contributed by atoms with Crippen molar-refractivity contribution in [3.8, 4) is 0 Å². The number of ether oxygens (including phenoxy) is 1. The summed E-state index contributed by atoms with van der Waals surface area (Å²) in [7, 11) is 0. The molecule has 0 unspecified atom stereocenters. The Morgan fingerprint density at radius 3 is 2.80 bits per heavy atom. The molecule has 4 nitrogen and oxygen atoms in total. The molecule has 0 spiro atoms. The number of benzene rings is 1. The van der Waals surface area contributed by atoms with Crippen molar-refractivity contribution >= 4 is 11.7 Å². The standard InChI is InChI=1S/C16H23NO3/c1-2-20-16(19)14-5-7-15(8-6-14)17-10-3-4-13(12-17)9-11-18/h5-8,13,18H,2-4,9-12H2,1H3/t13-/m0/s1. The lowest BCUT2D eigenvalue weighted by molar-refractivity contribution is 0.0526. The van der Waals surface area contributed by atoms with E-state index in [4.69, 9.17) is 9.84 Å². The molecular weight excluding hydrogens is 254 g/mol. The Bertz CT molecular complexity index is 428. The minimum atomic E-state index is -0.268. The van der Waals surface area contributed by atoms with Crippen LogP contribution in [0.3, 0.4) is 0 Å². The van der Waals surface area contributed by atoms with Gasteiger partial charge in [-0.3, -0.25) is 0 Å². The number of carbonyl (C=O) groups is 1. The van der Waals surface area contributed by atoms with E-state index in [1.807, 2.05) is 24.3 Å². The third kappa shape index (κ3) is 3.73. The first-order valence-corrected chi connectivity index (χ1v) is 7.37. The third-order valence-electron chi connectivity index (χ3n) is 3.80. The van der Waals surface area contributed by atoms with Crippen LogP contribution in [0.25, 0.3) is 0 Å². The van der Waals surface area contributed by atoms with Crippen molar-refractivity contribution in [3.63, 3.8) is 0 Å². The van der Waals surface area contributed by atoms with Crippen molar-refractivity contribution in [2.45, 2.75) is 26.2 Å². The van der Waals surface area contributed by atoms with Crippen LogP contribution in [0.5, 0.6) is 0 Å². The van der Waals surface area contributed by atoms with Gasteiger partial charge in [-0.05, 0) is 56.4 Å². The number of aliphatic hydroxyl groups excluding tert-OH is 1. The van der Waals surface area contributed by atoms with Crippen LogP contribution in [0, 0.1) is 5.92 Å². The molecule has 1 aliphatic rings. The Kier molecular flexibility index (Phi) is 5.41. The highest BCUT2D eigenvalue weighted by Gasteiger charge is 2.19. The molecule has 1 aromatic carbocycles. The summed E-state index contributed by atoms with van der Waals surface area (Å²) in [4.78, 5) is 13.9. The fraction of sp³-hybridized carbons (Fsp3) is 0.562. The zero-order chi connectivity index (χ0) is 14.4. The van der Waals surface area contributed by atoms with Crippen LogP contribution in [-0.2, 0) is 4.74 Å². The van der Waals surface area contributed by atoms with Gasteiger partial charge in [-0.15, -0.1) is 0 Å². The normalized spacial score (nSPS) is 18.9. The van der Waals surface area contributed by atoms with E-state index in [9.17, 15) is 4.79 Å². The second-order valence-electron chi connectivity index (χ2n) is 5.23. The lowest BCUT2D eigenvalue weighted by atomic mass is 9.94. The number of aliphatic hydroxyl groups is 1. The first kappa shape index (κ1) is 14.9. The van der Waals surface area contributed by atoms with Gasteiger partial charge in [0.05, 0.1) is 12.2 Å². The molecule has 2 rings (SSSR count). The smallest absolute Gasteiger partial charge is 0.338 e. The van der Waals surface area contributed by atoms with Crippen LogP contribution in [0.15, 0.2) is 24.3 Å². The van der Waals surface area contributed by atoms with Crippen molar-refractivity contribution in [1.82, 2.24) is 0 Å². The van der Waals surface area contributed by atoms with Crippen LogP contribution in [0.4, 0.5) is 5.69 Å². The van der Waals surface area contributed by atoms with Gasteiger partial charge in [-0.2, -0.15) is 0 Å². The van der Waals surface area contributed by atoms with Crippen molar-refractivity contribution < 1.29 is 14.6 Å². The predicted molar refractivity (Wildman–Crippen MR) is 79.0 cm³/mol. The fourth-order valence-electron chi connectivity index (χ4n) is 2.74. The van der Waals surface area contributed by atoms with Crippen LogP contribution in [0.2, 0.25) is 0 Å². The van der Waals surface area contributed by atoms with Gasteiger partial charge in [-0.1, -0.05) is 0 Å². The van der Waals surface area contributed by atoms with Crippen molar-refractivity contribution in [1.29, 1.82) is 0 Å². The Hall–Kier alpha value is -1.55. The van der Waals surface area contributed by atoms with Gasteiger partial charge < -0.3 is 14.7 Å². The number of hydrogen-bond donors (Lipinski definition) is 1. The second-order valence-corrected chi connectivity index (χ2v) is 5.23. The summed E-state index contributed by atoms with van der Waals surface area (Å²) in [6, 6.07) is 7.60. The Morgan fingerprint density at radius 2 is 2.15 bits per heavy atom. The van der Waals surface area contributed by atoms with E-state index < -0.39 is 0 Å². The summed E-state index contributed by atoms with van der Waals surface area (Å²) >= 11 is 0. The molecule has 1 saturated heterocycles. The van der Waals surface area contributed by atoms with Gasteiger partial charge in [0.2, 0.25) is 0 Å². The number of anilines is 1. The Balaban J connectivity index is 2.00. The number of nitrogens with zero attached hydrogens (tertiary/aromatic N) is 1. The molecule has 20 heavy (non-hydrogen) atoms. The van der Waals surface area contributed by atoms with Crippen LogP contribution >= 0.6 is 0 Å². The minimum absolute atomic E-state index is 0.264. The molecule has 1 aromatic rings. The molecule has 1 fully saturated rings. The van der Waals surface area contributed by atoms with Crippen molar-refractivity contribution in [3.05, 3.63) is 29.8 Å². The molecule has 0 bridgehead atoms. The van der Waals surface area contributed by atoms with E-state index in [0.29, 0.717) is 18.1 Å². The van der Waals surface area contributed by atoms with E-state index in [0.717, 1.165) is 31.6 Å². The maximum atomic E-state index is 11.6. The van der Waals surface area contributed by atoms with Crippen LogP contribution in [0.1, 0.15) is 36.5 Å². The van der Waals surface area contributed by atoms with Crippen LogP contribution < -0.4 is 4.90 Å². The first-order valence-electron chi connectivity index (χ1n) is 7.37. The van der Waals surface area contributed by atoms with E-state index in [1.54, 1.807) is 6.92 Å². The van der Waals surface area contributed by atoms with Crippen molar-refractivity contribution in [2.75, 3.05) is 31.2 Å². The van der Waals surface area contributed by atoms with Crippen molar-refractivity contribution in [2.24, 2.45) is 5.92 Å². The molecule has 0 saturated carbocycles. The summed E-state index contributed by atoms with van der Waals surface area (Å²) < 4.78 is 4.98. The number of carbonyl (C=O) groups excluding carboxylic acids is 1. The van der Waals surface area contributed by atoms with Gasteiger partial charge in [0.25, 0.3) is 0 Å². The average Bonchev–Trinajstić information content (AvgIpc) is 2.48. The molecule has 1 atom stereocenters. The topological polar surface area (TPSA) is 49.8 Å². The predicted octanol–water partition coefficient (Wildman–Crippen LogP) is 2.46. The highest BCUT2D eigenvalue weighted by Crippen LogP contribution is 2.25. The summed E-state index contributed by atoms with van der Waals surface area (Å²) in [5.74, 6) is 0.300. The molecule has 1 aliphatic heterocycles. The van der Waals surface area contributed by atoms with E-state index >= 15 is 0 Å². The second kappa shape index (κ2) is 7.29. The highest BCUT2D eigenvalue weighted by molar-refractivity contribution is 5.89. The number of hydrogen-bond acceptors (Lipinski definition) is 4.